The summed E-state index contributed by atoms with van der Waals surface area (Å²) in [4.78, 5) is 0. The van der Waals surface area contributed by atoms with E-state index in [1.165, 1.54) is 5.56 Å². The van der Waals surface area contributed by atoms with Crippen molar-refractivity contribution < 1.29 is 4.74 Å². The molecule has 0 fully saturated rings. The topological polar surface area (TPSA) is 21.3 Å². The Morgan fingerprint density at radius 1 is 1.43 bits per heavy atom. The summed E-state index contributed by atoms with van der Waals surface area (Å²) in [7, 11) is 1.69. The Kier molecular flexibility index (Phi) is 4.20. The minimum atomic E-state index is 0.816. The number of methoxy groups -OCH3 is 1. The van der Waals surface area contributed by atoms with Gasteiger partial charge in [0, 0.05) is 18.7 Å². The highest BCUT2D eigenvalue weighted by molar-refractivity contribution is 5.33. The van der Waals surface area contributed by atoms with Crippen LogP contribution in [0.25, 0.3) is 0 Å². The lowest BCUT2D eigenvalue weighted by Crippen LogP contribution is -2.15. The summed E-state index contributed by atoms with van der Waals surface area (Å²) in [6.07, 6.45) is 0. The van der Waals surface area contributed by atoms with Gasteiger partial charge in [-0.05, 0) is 13.0 Å². The molecule has 0 atom stereocenters. The van der Waals surface area contributed by atoms with Crippen molar-refractivity contribution in [2.75, 3.05) is 13.7 Å². The monoisotopic (exact) mass is 191 g/mol. The molecule has 0 spiro atoms. The molecule has 0 bridgehead atoms. The summed E-state index contributed by atoms with van der Waals surface area (Å²) in [5.41, 5.74) is 2.32. The second-order valence-corrected chi connectivity index (χ2v) is 3.37. The van der Waals surface area contributed by atoms with Crippen LogP contribution < -0.4 is 10.1 Å². The average Bonchev–Trinajstić information content (AvgIpc) is 2.18. The maximum atomic E-state index is 5.24. The molecule has 2 heteroatoms. The average molecular weight is 191 g/mol. The Hall–Kier alpha value is -1.28. The summed E-state index contributed by atoms with van der Waals surface area (Å²) in [6.45, 7) is 7.51. The fourth-order valence-corrected chi connectivity index (χ4v) is 1.26. The van der Waals surface area contributed by atoms with Crippen molar-refractivity contribution in [3.05, 3.63) is 42.0 Å². The van der Waals surface area contributed by atoms with Gasteiger partial charge in [-0.3, -0.25) is 0 Å². The lowest BCUT2D eigenvalue weighted by atomic mass is 10.2. The van der Waals surface area contributed by atoms with E-state index in [0.29, 0.717) is 0 Å². The molecular weight excluding hydrogens is 174 g/mol. The van der Waals surface area contributed by atoms with Gasteiger partial charge in [-0.15, -0.1) is 0 Å². The first-order chi connectivity index (χ1) is 6.74. The zero-order chi connectivity index (χ0) is 10.4. The minimum Gasteiger partial charge on any atom is -0.496 e. The summed E-state index contributed by atoms with van der Waals surface area (Å²) < 4.78 is 5.24. The van der Waals surface area contributed by atoms with Gasteiger partial charge in [-0.2, -0.15) is 0 Å². The fraction of sp³-hybridized carbons (Fsp3) is 0.333. The van der Waals surface area contributed by atoms with Crippen LogP contribution in [0.2, 0.25) is 0 Å². The van der Waals surface area contributed by atoms with E-state index in [4.69, 9.17) is 4.74 Å². The molecule has 0 radical (unpaired) electrons. The highest BCUT2D eigenvalue weighted by atomic mass is 16.5. The highest BCUT2D eigenvalue weighted by Crippen LogP contribution is 2.16. The van der Waals surface area contributed by atoms with Crippen LogP contribution in [0.1, 0.15) is 12.5 Å². The molecule has 0 unspecified atom stereocenters. The Bertz CT molecular complexity index is 307. The van der Waals surface area contributed by atoms with Crippen molar-refractivity contribution in [1.29, 1.82) is 0 Å². The SMILES string of the molecule is C=C(C)CNCc1ccccc1OC. The molecule has 0 saturated carbocycles. The van der Waals surface area contributed by atoms with E-state index in [2.05, 4.69) is 18.0 Å². The summed E-state index contributed by atoms with van der Waals surface area (Å²) in [5, 5.41) is 3.30. The van der Waals surface area contributed by atoms with Gasteiger partial charge in [0.05, 0.1) is 7.11 Å². The lowest BCUT2D eigenvalue weighted by Gasteiger charge is -2.08. The van der Waals surface area contributed by atoms with Crippen molar-refractivity contribution in [2.45, 2.75) is 13.5 Å². The maximum Gasteiger partial charge on any atom is 0.123 e. The quantitative estimate of drug-likeness (QED) is 0.721. The first-order valence-electron chi connectivity index (χ1n) is 4.71. The van der Waals surface area contributed by atoms with Gasteiger partial charge in [-0.25, -0.2) is 0 Å². The van der Waals surface area contributed by atoms with Crippen LogP contribution in [-0.4, -0.2) is 13.7 Å². The van der Waals surface area contributed by atoms with Crippen molar-refractivity contribution >= 4 is 0 Å². The van der Waals surface area contributed by atoms with Crippen molar-refractivity contribution in [3.63, 3.8) is 0 Å². The number of para-hydroxylation sites is 1. The van der Waals surface area contributed by atoms with Gasteiger partial charge in [0.25, 0.3) is 0 Å². The molecule has 14 heavy (non-hydrogen) atoms. The normalized spacial score (nSPS) is 9.86. The Balaban J connectivity index is 2.53. The fourth-order valence-electron chi connectivity index (χ4n) is 1.26. The van der Waals surface area contributed by atoms with Gasteiger partial charge in [0.1, 0.15) is 5.75 Å². The molecule has 1 N–H and O–H groups in total. The first-order valence-corrected chi connectivity index (χ1v) is 4.71. The van der Waals surface area contributed by atoms with E-state index in [9.17, 15) is 0 Å². The van der Waals surface area contributed by atoms with E-state index in [1.807, 2.05) is 25.1 Å². The highest BCUT2D eigenvalue weighted by Gasteiger charge is 1.99. The standard InChI is InChI=1S/C12H17NO/c1-10(2)8-13-9-11-6-4-5-7-12(11)14-3/h4-7,13H,1,8-9H2,2-3H3. The number of nitrogens with one attached hydrogen (secondary N) is 1. The van der Waals surface area contributed by atoms with Crippen LogP contribution in [0.3, 0.4) is 0 Å². The molecule has 2 nitrogen and oxygen atoms in total. The largest absolute Gasteiger partial charge is 0.496 e. The summed E-state index contributed by atoms with van der Waals surface area (Å²) >= 11 is 0. The van der Waals surface area contributed by atoms with E-state index < -0.39 is 0 Å². The van der Waals surface area contributed by atoms with Gasteiger partial charge < -0.3 is 10.1 Å². The predicted molar refractivity (Wildman–Crippen MR) is 59.5 cm³/mol. The van der Waals surface area contributed by atoms with Crippen LogP contribution in [0, 0.1) is 0 Å². The zero-order valence-electron chi connectivity index (χ0n) is 8.84. The first kappa shape index (κ1) is 10.8. The van der Waals surface area contributed by atoms with Crippen molar-refractivity contribution in [3.8, 4) is 5.75 Å². The van der Waals surface area contributed by atoms with E-state index in [0.717, 1.165) is 24.4 Å². The van der Waals surface area contributed by atoms with Gasteiger partial charge >= 0.3 is 0 Å². The second kappa shape index (κ2) is 5.45. The van der Waals surface area contributed by atoms with Crippen LogP contribution in [-0.2, 0) is 6.54 Å². The molecule has 1 rings (SSSR count). The molecule has 0 aliphatic rings. The zero-order valence-corrected chi connectivity index (χ0v) is 8.84. The van der Waals surface area contributed by atoms with Crippen molar-refractivity contribution in [2.24, 2.45) is 0 Å². The molecule has 0 saturated heterocycles. The van der Waals surface area contributed by atoms with E-state index >= 15 is 0 Å². The van der Waals surface area contributed by atoms with E-state index in [-0.39, 0.29) is 0 Å². The van der Waals surface area contributed by atoms with E-state index in [1.54, 1.807) is 7.11 Å². The summed E-state index contributed by atoms with van der Waals surface area (Å²) in [5.74, 6) is 0.932. The number of rotatable bonds is 5. The number of benzene rings is 1. The smallest absolute Gasteiger partial charge is 0.123 e. The van der Waals surface area contributed by atoms with Gasteiger partial charge in [0.2, 0.25) is 0 Å². The molecule has 1 aromatic rings. The Morgan fingerprint density at radius 3 is 2.79 bits per heavy atom. The maximum absolute atomic E-state index is 5.24. The molecular formula is C12H17NO. The molecule has 1 aromatic carbocycles. The van der Waals surface area contributed by atoms with Crippen molar-refractivity contribution in [1.82, 2.24) is 5.32 Å². The van der Waals surface area contributed by atoms with Crippen LogP contribution >= 0.6 is 0 Å². The molecule has 0 amide bonds. The third-order valence-corrected chi connectivity index (χ3v) is 1.93. The summed E-state index contributed by atoms with van der Waals surface area (Å²) in [6, 6.07) is 8.02. The molecule has 0 heterocycles. The number of hydrogen-bond donors (Lipinski definition) is 1. The second-order valence-electron chi connectivity index (χ2n) is 3.37. The van der Waals surface area contributed by atoms with Gasteiger partial charge in [0.15, 0.2) is 0 Å². The molecule has 0 aliphatic heterocycles. The number of ether oxygens (including phenoxy) is 1. The van der Waals surface area contributed by atoms with Crippen LogP contribution in [0.15, 0.2) is 36.4 Å². The Labute approximate surface area is 85.6 Å². The Morgan fingerprint density at radius 2 is 2.14 bits per heavy atom. The third kappa shape index (κ3) is 3.23. The van der Waals surface area contributed by atoms with Crippen LogP contribution in [0.4, 0.5) is 0 Å². The van der Waals surface area contributed by atoms with Gasteiger partial charge in [-0.1, -0.05) is 30.4 Å². The molecule has 0 aliphatic carbocycles. The lowest BCUT2D eigenvalue weighted by molar-refractivity contribution is 0.408. The molecule has 0 aromatic heterocycles. The minimum absolute atomic E-state index is 0.816. The molecule has 76 valence electrons. The third-order valence-electron chi connectivity index (χ3n) is 1.93. The van der Waals surface area contributed by atoms with Crippen LogP contribution in [0.5, 0.6) is 5.75 Å². The predicted octanol–water partition coefficient (Wildman–Crippen LogP) is 2.36. The number of hydrogen-bond acceptors (Lipinski definition) is 2.